The highest BCUT2D eigenvalue weighted by atomic mass is 79.9. The van der Waals surface area contributed by atoms with Crippen molar-refractivity contribution in [2.45, 2.75) is 44.6 Å². The molecule has 1 aromatic rings. The zero-order chi connectivity index (χ0) is 13.5. The molecule has 2 rings (SSSR count). The summed E-state index contributed by atoms with van der Waals surface area (Å²) in [6.07, 6.45) is 7.69. The zero-order valence-electron chi connectivity index (χ0n) is 11.3. The summed E-state index contributed by atoms with van der Waals surface area (Å²) in [6.45, 7) is 0.959. The summed E-state index contributed by atoms with van der Waals surface area (Å²) in [5.74, 6) is 1.31. The number of halogens is 2. The molecule has 1 saturated heterocycles. The van der Waals surface area contributed by atoms with Gasteiger partial charge < -0.3 is 4.74 Å². The Labute approximate surface area is 129 Å². The Morgan fingerprint density at radius 1 is 1.37 bits per heavy atom. The van der Waals surface area contributed by atoms with Crippen LogP contribution < -0.4 is 0 Å². The Kier molecular flexibility index (Phi) is 6.69. The molecule has 2 unspecified atom stereocenters. The second-order valence-corrected chi connectivity index (χ2v) is 6.54. The minimum Gasteiger partial charge on any atom is -0.378 e. The second kappa shape index (κ2) is 8.28. The van der Waals surface area contributed by atoms with Crippen LogP contribution in [0, 0.1) is 5.92 Å². The molecule has 0 aliphatic carbocycles. The first-order valence-electron chi connectivity index (χ1n) is 7.20. The van der Waals surface area contributed by atoms with Crippen molar-refractivity contribution in [2.24, 2.45) is 5.92 Å². The van der Waals surface area contributed by atoms with Crippen molar-refractivity contribution in [3.8, 4) is 0 Å². The molecule has 0 spiro atoms. The smallest absolute Gasteiger partial charge is 0.0576 e. The van der Waals surface area contributed by atoms with Gasteiger partial charge in [0.25, 0.3) is 0 Å². The summed E-state index contributed by atoms with van der Waals surface area (Å²) in [6, 6.07) is 8.44. The molecule has 0 aromatic heterocycles. The first-order chi connectivity index (χ1) is 9.29. The fraction of sp³-hybridized carbons (Fsp3) is 0.625. The van der Waals surface area contributed by atoms with Gasteiger partial charge in [0, 0.05) is 17.0 Å². The molecule has 1 aliphatic heterocycles. The Balaban J connectivity index is 1.75. The molecule has 106 valence electrons. The van der Waals surface area contributed by atoms with Crippen molar-refractivity contribution < 1.29 is 4.74 Å². The Morgan fingerprint density at radius 3 is 2.89 bits per heavy atom. The fourth-order valence-electron chi connectivity index (χ4n) is 2.71. The Hall–Kier alpha value is -0.0500. The summed E-state index contributed by atoms with van der Waals surface area (Å²) in [5.41, 5.74) is 1.37. The normalized spacial score (nSPS) is 20.6. The summed E-state index contributed by atoms with van der Waals surface area (Å²) >= 11 is 9.73. The number of rotatable bonds is 7. The van der Waals surface area contributed by atoms with Crippen molar-refractivity contribution in [2.75, 3.05) is 12.5 Å². The van der Waals surface area contributed by atoms with Crippen molar-refractivity contribution in [1.82, 2.24) is 0 Å². The summed E-state index contributed by atoms with van der Waals surface area (Å²) < 4.78 is 6.86. The van der Waals surface area contributed by atoms with E-state index in [1.54, 1.807) is 0 Å². The third-order valence-electron chi connectivity index (χ3n) is 3.85. The van der Waals surface area contributed by atoms with Crippen molar-refractivity contribution in [1.29, 1.82) is 0 Å². The lowest BCUT2D eigenvalue weighted by Crippen LogP contribution is -2.10. The maximum absolute atomic E-state index is 6.12. The van der Waals surface area contributed by atoms with Crippen molar-refractivity contribution >= 4 is 27.5 Å². The van der Waals surface area contributed by atoms with Gasteiger partial charge in [0.05, 0.1) is 6.10 Å². The van der Waals surface area contributed by atoms with Gasteiger partial charge >= 0.3 is 0 Å². The van der Waals surface area contributed by atoms with E-state index in [9.17, 15) is 0 Å². The van der Waals surface area contributed by atoms with E-state index >= 15 is 0 Å². The van der Waals surface area contributed by atoms with E-state index in [2.05, 4.69) is 40.2 Å². The lowest BCUT2D eigenvalue weighted by molar-refractivity contribution is 0.101. The highest BCUT2D eigenvalue weighted by Gasteiger charge is 2.16. The van der Waals surface area contributed by atoms with Crippen LogP contribution >= 0.6 is 27.5 Å². The minimum absolute atomic E-state index is 0.513. The van der Waals surface area contributed by atoms with Gasteiger partial charge in [-0.2, -0.15) is 0 Å². The Bertz CT molecular complexity index is 377. The molecule has 3 heteroatoms. The number of hydrogen-bond donors (Lipinski definition) is 0. The molecule has 0 amide bonds. The van der Waals surface area contributed by atoms with Crippen molar-refractivity contribution in [3.63, 3.8) is 0 Å². The van der Waals surface area contributed by atoms with Crippen LogP contribution in [0.3, 0.4) is 0 Å². The summed E-state index contributed by atoms with van der Waals surface area (Å²) in [5, 5.41) is 0. The lowest BCUT2D eigenvalue weighted by Gasteiger charge is -2.16. The van der Waals surface area contributed by atoms with Crippen LogP contribution in [0.5, 0.6) is 0 Å². The third-order valence-corrected chi connectivity index (χ3v) is 5.06. The van der Waals surface area contributed by atoms with Gasteiger partial charge in [-0.15, -0.1) is 11.6 Å². The van der Waals surface area contributed by atoms with Gasteiger partial charge in [0.2, 0.25) is 0 Å². The molecule has 19 heavy (non-hydrogen) atoms. The predicted molar refractivity (Wildman–Crippen MR) is 84.9 cm³/mol. The van der Waals surface area contributed by atoms with E-state index < -0.39 is 0 Å². The van der Waals surface area contributed by atoms with Gasteiger partial charge in [-0.05, 0) is 49.7 Å². The topological polar surface area (TPSA) is 9.23 Å². The Morgan fingerprint density at radius 2 is 2.21 bits per heavy atom. The zero-order valence-corrected chi connectivity index (χ0v) is 13.6. The van der Waals surface area contributed by atoms with Crippen LogP contribution in [0.15, 0.2) is 28.7 Å². The highest BCUT2D eigenvalue weighted by Crippen LogP contribution is 2.24. The quantitative estimate of drug-likeness (QED) is 0.617. The SMILES string of the molecule is ClCC(CCCC1CCCO1)Cc1ccccc1Br. The van der Waals surface area contributed by atoms with Crippen LogP contribution in [0.2, 0.25) is 0 Å². The van der Waals surface area contributed by atoms with E-state index in [1.807, 2.05) is 0 Å². The van der Waals surface area contributed by atoms with E-state index in [0.717, 1.165) is 18.9 Å². The molecule has 1 fully saturated rings. The molecule has 0 saturated carbocycles. The number of hydrogen-bond acceptors (Lipinski definition) is 1. The van der Waals surface area contributed by atoms with E-state index in [0.29, 0.717) is 12.0 Å². The lowest BCUT2D eigenvalue weighted by atomic mass is 9.94. The molecular formula is C16H22BrClO. The van der Waals surface area contributed by atoms with Crippen LogP contribution in [0.1, 0.15) is 37.7 Å². The molecule has 1 aromatic carbocycles. The number of alkyl halides is 1. The maximum Gasteiger partial charge on any atom is 0.0576 e. The molecule has 1 nitrogen and oxygen atoms in total. The average molecular weight is 346 g/mol. The molecule has 1 aliphatic rings. The van der Waals surface area contributed by atoms with Crippen LogP contribution in [-0.2, 0) is 11.2 Å². The molecule has 1 heterocycles. The van der Waals surface area contributed by atoms with Gasteiger partial charge in [-0.3, -0.25) is 0 Å². The summed E-state index contributed by atoms with van der Waals surface area (Å²) in [4.78, 5) is 0. The number of ether oxygens (including phenoxy) is 1. The fourth-order valence-corrected chi connectivity index (χ4v) is 3.42. The standard InChI is InChI=1S/C16H22BrClO/c17-16-9-2-1-6-14(16)11-13(12-18)5-3-7-15-8-4-10-19-15/h1-2,6,9,13,15H,3-5,7-8,10-12H2. The first kappa shape index (κ1) is 15.3. The van der Waals surface area contributed by atoms with E-state index in [1.165, 1.54) is 42.1 Å². The molecule has 0 radical (unpaired) electrons. The first-order valence-corrected chi connectivity index (χ1v) is 8.53. The van der Waals surface area contributed by atoms with E-state index in [4.69, 9.17) is 16.3 Å². The average Bonchev–Trinajstić information content (AvgIpc) is 2.93. The van der Waals surface area contributed by atoms with Crippen LogP contribution in [0.4, 0.5) is 0 Å². The summed E-state index contributed by atoms with van der Waals surface area (Å²) in [7, 11) is 0. The largest absolute Gasteiger partial charge is 0.378 e. The molecule has 0 bridgehead atoms. The second-order valence-electron chi connectivity index (χ2n) is 5.38. The maximum atomic E-state index is 6.12. The monoisotopic (exact) mass is 344 g/mol. The highest BCUT2D eigenvalue weighted by molar-refractivity contribution is 9.10. The van der Waals surface area contributed by atoms with Crippen LogP contribution in [0.25, 0.3) is 0 Å². The minimum atomic E-state index is 0.513. The third kappa shape index (κ3) is 5.09. The van der Waals surface area contributed by atoms with Crippen LogP contribution in [-0.4, -0.2) is 18.6 Å². The van der Waals surface area contributed by atoms with Gasteiger partial charge in [-0.25, -0.2) is 0 Å². The van der Waals surface area contributed by atoms with Crippen molar-refractivity contribution in [3.05, 3.63) is 34.3 Å². The molecular weight excluding hydrogens is 324 g/mol. The molecule has 2 atom stereocenters. The van der Waals surface area contributed by atoms with Gasteiger partial charge in [-0.1, -0.05) is 40.5 Å². The van der Waals surface area contributed by atoms with Gasteiger partial charge in [0.1, 0.15) is 0 Å². The molecule has 0 N–H and O–H groups in total. The number of benzene rings is 1. The predicted octanol–water partition coefficient (Wildman–Crippen LogP) is 5.20. The van der Waals surface area contributed by atoms with Gasteiger partial charge in [0.15, 0.2) is 0 Å². The van der Waals surface area contributed by atoms with E-state index in [-0.39, 0.29) is 0 Å².